The summed E-state index contributed by atoms with van der Waals surface area (Å²) in [7, 11) is 2.20. The van der Waals surface area contributed by atoms with E-state index in [-0.39, 0.29) is 6.61 Å². The van der Waals surface area contributed by atoms with Gasteiger partial charge in [0.25, 0.3) is 0 Å². The van der Waals surface area contributed by atoms with E-state index >= 15 is 0 Å². The Morgan fingerprint density at radius 1 is 1.43 bits per heavy atom. The maximum atomic E-state index is 8.49. The fourth-order valence-electron chi connectivity index (χ4n) is 2.87. The van der Waals surface area contributed by atoms with Gasteiger partial charge in [0, 0.05) is 12.6 Å². The van der Waals surface area contributed by atoms with Crippen molar-refractivity contribution in [3.05, 3.63) is 29.8 Å². The van der Waals surface area contributed by atoms with Crippen LogP contribution >= 0.6 is 0 Å². The quantitative estimate of drug-likeness (QED) is 0.873. The van der Waals surface area contributed by atoms with Crippen molar-refractivity contribution in [2.45, 2.75) is 25.8 Å². The number of benzene rings is 1. The zero-order valence-corrected chi connectivity index (χ0v) is 13.0. The fourth-order valence-corrected chi connectivity index (χ4v) is 2.87. The Hall–Kier alpha value is -1.57. The van der Waals surface area contributed by atoms with E-state index in [1.807, 2.05) is 18.2 Å². The van der Waals surface area contributed by atoms with E-state index in [1.165, 1.54) is 31.5 Å². The highest BCUT2D eigenvalue weighted by molar-refractivity contribution is 5.29. The second kappa shape index (κ2) is 8.02. The molecule has 2 rings (SSSR count). The third-order valence-electron chi connectivity index (χ3n) is 4.12. The summed E-state index contributed by atoms with van der Waals surface area (Å²) in [6.45, 7) is 5.79. The van der Waals surface area contributed by atoms with Gasteiger partial charge in [0.1, 0.15) is 11.8 Å². The Kier molecular flexibility index (Phi) is 6.04. The molecule has 0 aliphatic carbocycles. The molecule has 0 bridgehead atoms. The Bertz CT molecular complexity index is 466. The van der Waals surface area contributed by atoms with Gasteiger partial charge in [0.2, 0.25) is 0 Å². The summed E-state index contributed by atoms with van der Waals surface area (Å²) in [5, 5.41) is 12.1. The molecule has 0 spiro atoms. The highest BCUT2D eigenvalue weighted by atomic mass is 16.5. The second-order valence-electron chi connectivity index (χ2n) is 5.92. The molecule has 1 aliphatic rings. The predicted molar refractivity (Wildman–Crippen MR) is 84.2 cm³/mol. The minimum Gasteiger partial charge on any atom is -0.479 e. The van der Waals surface area contributed by atoms with E-state index in [0.717, 1.165) is 18.2 Å². The SMILES string of the molecule is CC(NCC1CCCN(C)C1)c1ccc(OCC#N)cc1. The summed E-state index contributed by atoms with van der Waals surface area (Å²) in [5.41, 5.74) is 1.25. The van der Waals surface area contributed by atoms with Crippen LogP contribution in [-0.2, 0) is 0 Å². The molecule has 1 N–H and O–H groups in total. The lowest BCUT2D eigenvalue weighted by molar-refractivity contribution is 0.203. The minimum absolute atomic E-state index is 0.0996. The zero-order valence-electron chi connectivity index (χ0n) is 13.0. The van der Waals surface area contributed by atoms with Crippen molar-refractivity contribution in [1.29, 1.82) is 5.26 Å². The number of piperidine rings is 1. The van der Waals surface area contributed by atoms with Gasteiger partial charge in [-0.1, -0.05) is 12.1 Å². The number of nitrogens with one attached hydrogen (secondary N) is 1. The maximum absolute atomic E-state index is 8.49. The normalized spacial score (nSPS) is 20.7. The van der Waals surface area contributed by atoms with Gasteiger partial charge >= 0.3 is 0 Å². The van der Waals surface area contributed by atoms with E-state index in [0.29, 0.717) is 6.04 Å². The number of rotatable bonds is 6. The van der Waals surface area contributed by atoms with Crippen molar-refractivity contribution in [2.24, 2.45) is 5.92 Å². The Morgan fingerprint density at radius 3 is 2.86 bits per heavy atom. The van der Waals surface area contributed by atoms with Crippen molar-refractivity contribution in [3.8, 4) is 11.8 Å². The lowest BCUT2D eigenvalue weighted by atomic mass is 9.97. The Morgan fingerprint density at radius 2 is 2.19 bits per heavy atom. The van der Waals surface area contributed by atoms with Gasteiger partial charge in [0.05, 0.1) is 0 Å². The summed E-state index contributed by atoms with van der Waals surface area (Å²) < 4.78 is 5.27. The lowest BCUT2D eigenvalue weighted by Crippen LogP contribution is -2.37. The van der Waals surface area contributed by atoms with Crippen molar-refractivity contribution in [1.82, 2.24) is 10.2 Å². The summed E-state index contributed by atoms with van der Waals surface area (Å²) in [6, 6.07) is 10.3. The molecule has 21 heavy (non-hydrogen) atoms. The van der Waals surface area contributed by atoms with E-state index < -0.39 is 0 Å². The average molecular weight is 287 g/mol. The minimum atomic E-state index is 0.0996. The first-order chi connectivity index (χ1) is 10.2. The highest BCUT2D eigenvalue weighted by Gasteiger charge is 2.17. The molecule has 1 heterocycles. The van der Waals surface area contributed by atoms with Crippen LogP contribution in [0.4, 0.5) is 0 Å². The van der Waals surface area contributed by atoms with Crippen LogP contribution in [0.25, 0.3) is 0 Å². The number of hydrogen-bond acceptors (Lipinski definition) is 4. The van der Waals surface area contributed by atoms with E-state index in [4.69, 9.17) is 10.00 Å². The molecular formula is C17H25N3O. The van der Waals surface area contributed by atoms with Crippen molar-refractivity contribution < 1.29 is 4.74 Å². The molecule has 114 valence electrons. The van der Waals surface area contributed by atoms with E-state index in [1.54, 1.807) is 0 Å². The number of nitriles is 1. The lowest BCUT2D eigenvalue weighted by Gasteiger charge is -2.30. The van der Waals surface area contributed by atoms with Crippen LogP contribution in [0.3, 0.4) is 0 Å². The smallest absolute Gasteiger partial charge is 0.174 e. The first-order valence-electron chi connectivity index (χ1n) is 7.70. The second-order valence-corrected chi connectivity index (χ2v) is 5.92. The van der Waals surface area contributed by atoms with Gasteiger partial charge in [-0.3, -0.25) is 0 Å². The summed E-state index contributed by atoms with van der Waals surface area (Å²) in [6.07, 6.45) is 2.63. The Labute approximate surface area is 127 Å². The largest absolute Gasteiger partial charge is 0.479 e. The third-order valence-corrected chi connectivity index (χ3v) is 4.12. The van der Waals surface area contributed by atoms with Crippen LogP contribution in [0.2, 0.25) is 0 Å². The van der Waals surface area contributed by atoms with Crippen molar-refractivity contribution in [3.63, 3.8) is 0 Å². The van der Waals surface area contributed by atoms with Gasteiger partial charge in [-0.15, -0.1) is 0 Å². The molecule has 1 aromatic rings. The molecule has 1 aromatic carbocycles. The van der Waals surface area contributed by atoms with Gasteiger partial charge < -0.3 is 15.0 Å². The van der Waals surface area contributed by atoms with Crippen LogP contribution in [0, 0.1) is 17.2 Å². The topological polar surface area (TPSA) is 48.3 Å². The van der Waals surface area contributed by atoms with Crippen LogP contribution in [-0.4, -0.2) is 38.2 Å². The van der Waals surface area contributed by atoms with Gasteiger partial charge in [0.15, 0.2) is 6.61 Å². The molecule has 1 saturated heterocycles. The average Bonchev–Trinajstić information content (AvgIpc) is 2.51. The molecule has 4 heteroatoms. The molecule has 2 atom stereocenters. The molecule has 0 amide bonds. The van der Waals surface area contributed by atoms with Crippen LogP contribution < -0.4 is 10.1 Å². The molecule has 2 unspecified atom stereocenters. The molecule has 0 radical (unpaired) electrons. The number of ether oxygens (including phenoxy) is 1. The summed E-state index contributed by atoms with van der Waals surface area (Å²) >= 11 is 0. The standard InChI is InChI=1S/C17H25N3O/c1-14(19-12-15-4-3-10-20(2)13-15)16-5-7-17(8-6-16)21-11-9-18/h5-8,14-15,19H,3-4,10-13H2,1-2H3. The molecule has 0 aromatic heterocycles. The number of likely N-dealkylation sites (tertiary alicyclic amines) is 1. The van der Waals surface area contributed by atoms with Crippen molar-refractivity contribution >= 4 is 0 Å². The molecule has 1 aliphatic heterocycles. The summed E-state index contributed by atoms with van der Waals surface area (Å²) in [4.78, 5) is 2.42. The molecule has 4 nitrogen and oxygen atoms in total. The fraction of sp³-hybridized carbons (Fsp3) is 0.588. The number of nitrogens with zero attached hydrogens (tertiary/aromatic N) is 2. The van der Waals surface area contributed by atoms with Crippen LogP contribution in [0.5, 0.6) is 5.75 Å². The highest BCUT2D eigenvalue weighted by Crippen LogP contribution is 2.19. The molecular weight excluding hydrogens is 262 g/mol. The van der Waals surface area contributed by atoms with Gasteiger partial charge in [-0.25, -0.2) is 0 Å². The van der Waals surface area contributed by atoms with Gasteiger partial charge in [-0.05, 0) is 63.5 Å². The number of hydrogen-bond donors (Lipinski definition) is 1. The monoisotopic (exact) mass is 287 g/mol. The van der Waals surface area contributed by atoms with Gasteiger partial charge in [-0.2, -0.15) is 5.26 Å². The Balaban J connectivity index is 1.79. The van der Waals surface area contributed by atoms with E-state index in [2.05, 4.69) is 36.3 Å². The van der Waals surface area contributed by atoms with Crippen LogP contribution in [0.1, 0.15) is 31.4 Å². The van der Waals surface area contributed by atoms with E-state index in [9.17, 15) is 0 Å². The molecule has 1 fully saturated rings. The summed E-state index contributed by atoms with van der Waals surface area (Å²) in [5.74, 6) is 1.51. The maximum Gasteiger partial charge on any atom is 0.174 e. The first kappa shape index (κ1) is 15.8. The molecule has 0 saturated carbocycles. The first-order valence-corrected chi connectivity index (χ1v) is 7.70. The predicted octanol–water partition coefficient (Wildman–Crippen LogP) is 2.58. The zero-order chi connectivity index (χ0) is 15.1. The van der Waals surface area contributed by atoms with Crippen molar-refractivity contribution in [2.75, 3.05) is 33.3 Å². The third kappa shape index (κ3) is 5.04. The van der Waals surface area contributed by atoms with Crippen LogP contribution in [0.15, 0.2) is 24.3 Å².